The number of anilines is 1. The largest absolute Gasteiger partial charge is 0.495 e. The van der Waals surface area contributed by atoms with E-state index in [0.717, 1.165) is 11.1 Å². The number of aromatic nitrogens is 2. The SMILES string of the molecule is COc1ccc(C)cc1NC(=O)C(c1ccccc1)N(C)Cc1nc2ccccc2c(=O)[nH]1. The van der Waals surface area contributed by atoms with Crippen molar-refractivity contribution in [2.45, 2.75) is 19.5 Å². The van der Waals surface area contributed by atoms with E-state index in [1.54, 1.807) is 25.3 Å². The molecular formula is C26H26N4O3. The molecule has 1 heterocycles. The number of aromatic amines is 1. The summed E-state index contributed by atoms with van der Waals surface area (Å²) in [6.07, 6.45) is 0. The quantitative estimate of drug-likeness (QED) is 0.451. The Kier molecular flexibility index (Phi) is 6.51. The van der Waals surface area contributed by atoms with Crippen molar-refractivity contribution < 1.29 is 9.53 Å². The zero-order chi connectivity index (χ0) is 23.4. The smallest absolute Gasteiger partial charge is 0.258 e. The van der Waals surface area contributed by atoms with Crippen molar-refractivity contribution in [3.05, 3.63) is 100 Å². The first kappa shape index (κ1) is 22.2. The molecule has 168 valence electrons. The highest BCUT2D eigenvalue weighted by atomic mass is 16.5. The Balaban J connectivity index is 1.66. The average molecular weight is 443 g/mol. The van der Waals surface area contributed by atoms with E-state index >= 15 is 0 Å². The van der Waals surface area contributed by atoms with Gasteiger partial charge in [-0.15, -0.1) is 0 Å². The van der Waals surface area contributed by atoms with Crippen molar-refractivity contribution in [3.63, 3.8) is 0 Å². The molecule has 1 amide bonds. The molecule has 1 aromatic heterocycles. The number of amides is 1. The summed E-state index contributed by atoms with van der Waals surface area (Å²) >= 11 is 0. The van der Waals surface area contributed by atoms with E-state index in [4.69, 9.17) is 4.74 Å². The third-order valence-electron chi connectivity index (χ3n) is 5.48. The summed E-state index contributed by atoms with van der Waals surface area (Å²) in [4.78, 5) is 35.3. The minimum Gasteiger partial charge on any atom is -0.495 e. The number of fused-ring (bicyclic) bond motifs is 1. The molecule has 0 spiro atoms. The molecule has 2 N–H and O–H groups in total. The molecule has 7 heteroatoms. The number of likely N-dealkylation sites (N-methyl/N-ethyl adjacent to an activating group) is 1. The lowest BCUT2D eigenvalue weighted by Gasteiger charge is -2.27. The van der Waals surface area contributed by atoms with Gasteiger partial charge in [-0.25, -0.2) is 4.98 Å². The Morgan fingerprint density at radius 2 is 1.82 bits per heavy atom. The number of carbonyl (C=O) groups is 1. The van der Waals surface area contributed by atoms with Gasteiger partial charge in [0.2, 0.25) is 5.91 Å². The van der Waals surface area contributed by atoms with Crippen molar-refractivity contribution in [1.82, 2.24) is 14.9 Å². The Morgan fingerprint density at radius 3 is 2.58 bits per heavy atom. The summed E-state index contributed by atoms with van der Waals surface area (Å²) < 4.78 is 5.42. The number of ether oxygens (including phenoxy) is 1. The molecule has 1 unspecified atom stereocenters. The van der Waals surface area contributed by atoms with Gasteiger partial charge in [-0.2, -0.15) is 0 Å². The number of H-pyrrole nitrogens is 1. The summed E-state index contributed by atoms with van der Waals surface area (Å²) in [5.41, 5.74) is 2.86. The van der Waals surface area contributed by atoms with Crippen LogP contribution in [0.5, 0.6) is 5.75 Å². The molecule has 1 atom stereocenters. The molecule has 0 aliphatic carbocycles. The van der Waals surface area contributed by atoms with Gasteiger partial charge in [0.05, 0.1) is 30.2 Å². The summed E-state index contributed by atoms with van der Waals surface area (Å²) in [7, 11) is 3.41. The minimum absolute atomic E-state index is 0.200. The first-order chi connectivity index (χ1) is 16.0. The maximum atomic E-state index is 13.5. The Labute approximate surface area is 192 Å². The van der Waals surface area contributed by atoms with E-state index in [1.807, 2.05) is 73.5 Å². The van der Waals surface area contributed by atoms with Crippen LogP contribution in [0.25, 0.3) is 10.9 Å². The summed E-state index contributed by atoms with van der Waals surface area (Å²) in [5.74, 6) is 0.864. The number of para-hydroxylation sites is 1. The highest BCUT2D eigenvalue weighted by Crippen LogP contribution is 2.28. The van der Waals surface area contributed by atoms with Crippen LogP contribution in [0.1, 0.15) is 23.0 Å². The fourth-order valence-corrected chi connectivity index (χ4v) is 3.90. The number of nitrogens with zero attached hydrogens (tertiary/aromatic N) is 2. The van der Waals surface area contributed by atoms with Crippen LogP contribution in [0.2, 0.25) is 0 Å². The fourth-order valence-electron chi connectivity index (χ4n) is 3.90. The number of rotatable bonds is 7. The van der Waals surface area contributed by atoms with E-state index in [0.29, 0.717) is 28.2 Å². The fraction of sp³-hybridized carbons (Fsp3) is 0.192. The highest BCUT2D eigenvalue weighted by molar-refractivity contribution is 5.96. The molecule has 0 saturated carbocycles. The van der Waals surface area contributed by atoms with E-state index < -0.39 is 6.04 Å². The summed E-state index contributed by atoms with van der Waals surface area (Å²) in [5, 5.41) is 3.55. The predicted octanol–water partition coefficient (Wildman–Crippen LogP) is 4.05. The lowest BCUT2D eigenvalue weighted by molar-refractivity contribution is -0.121. The van der Waals surface area contributed by atoms with Crippen LogP contribution in [-0.4, -0.2) is 34.9 Å². The first-order valence-corrected chi connectivity index (χ1v) is 10.6. The second-order valence-corrected chi connectivity index (χ2v) is 7.95. The van der Waals surface area contributed by atoms with Crippen LogP contribution in [-0.2, 0) is 11.3 Å². The van der Waals surface area contributed by atoms with Crippen molar-refractivity contribution >= 4 is 22.5 Å². The van der Waals surface area contributed by atoms with Gasteiger partial charge in [0.25, 0.3) is 5.56 Å². The number of methoxy groups -OCH3 is 1. The van der Waals surface area contributed by atoms with Gasteiger partial charge >= 0.3 is 0 Å². The molecule has 0 bridgehead atoms. The van der Waals surface area contributed by atoms with Gasteiger partial charge in [-0.05, 0) is 49.4 Å². The molecule has 0 fully saturated rings. The van der Waals surface area contributed by atoms with Crippen LogP contribution < -0.4 is 15.6 Å². The molecular weight excluding hydrogens is 416 g/mol. The van der Waals surface area contributed by atoms with Gasteiger partial charge in [0, 0.05) is 0 Å². The molecule has 4 aromatic rings. The third kappa shape index (κ3) is 4.94. The van der Waals surface area contributed by atoms with E-state index in [1.165, 1.54) is 0 Å². The lowest BCUT2D eigenvalue weighted by atomic mass is 10.0. The standard InChI is InChI=1S/C26H26N4O3/c1-17-13-14-22(33-3)21(15-17)28-26(32)24(18-9-5-4-6-10-18)30(2)16-23-27-20-12-8-7-11-19(20)25(31)29-23/h4-15,24H,16H2,1-3H3,(H,28,32)(H,27,29,31). The van der Waals surface area contributed by atoms with Gasteiger partial charge in [0.1, 0.15) is 17.6 Å². The topological polar surface area (TPSA) is 87.3 Å². The van der Waals surface area contributed by atoms with Gasteiger partial charge in [0.15, 0.2) is 0 Å². The van der Waals surface area contributed by atoms with Gasteiger partial charge < -0.3 is 15.0 Å². The van der Waals surface area contributed by atoms with Crippen molar-refractivity contribution in [3.8, 4) is 5.75 Å². The number of hydrogen-bond acceptors (Lipinski definition) is 5. The maximum Gasteiger partial charge on any atom is 0.258 e. The number of carbonyl (C=O) groups excluding carboxylic acids is 1. The Morgan fingerprint density at radius 1 is 1.09 bits per heavy atom. The Hall–Kier alpha value is -3.97. The molecule has 33 heavy (non-hydrogen) atoms. The monoisotopic (exact) mass is 442 g/mol. The zero-order valence-corrected chi connectivity index (χ0v) is 18.8. The minimum atomic E-state index is -0.617. The molecule has 3 aromatic carbocycles. The summed E-state index contributed by atoms with van der Waals surface area (Å²) in [6.45, 7) is 2.23. The molecule has 0 aliphatic heterocycles. The van der Waals surface area contributed by atoms with Crippen molar-refractivity contribution in [2.75, 3.05) is 19.5 Å². The van der Waals surface area contributed by atoms with Crippen LogP contribution >= 0.6 is 0 Å². The van der Waals surface area contributed by atoms with Gasteiger partial charge in [-0.3, -0.25) is 14.5 Å². The van der Waals surface area contributed by atoms with Crippen molar-refractivity contribution in [2.24, 2.45) is 0 Å². The summed E-state index contributed by atoms with van der Waals surface area (Å²) in [6, 6.07) is 21.7. The number of nitrogens with one attached hydrogen (secondary N) is 2. The average Bonchev–Trinajstić information content (AvgIpc) is 2.80. The number of hydrogen-bond donors (Lipinski definition) is 2. The van der Waals surface area contributed by atoms with Crippen LogP contribution in [0.4, 0.5) is 5.69 Å². The van der Waals surface area contributed by atoms with Crippen molar-refractivity contribution in [1.29, 1.82) is 0 Å². The lowest BCUT2D eigenvalue weighted by Crippen LogP contribution is -2.35. The number of aryl methyl sites for hydroxylation is 1. The second-order valence-electron chi connectivity index (χ2n) is 7.95. The second kappa shape index (κ2) is 9.67. The number of benzene rings is 3. The molecule has 4 rings (SSSR count). The third-order valence-corrected chi connectivity index (χ3v) is 5.48. The predicted molar refractivity (Wildman–Crippen MR) is 129 cm³/mol. The van der Waals surface area contributed by atoms with E-state index in [9.17, 15) is 9.59 Å². The Bertz CT molecular complexity index is 1330. The molecule has 0 aliphatic rings. The molecule has 0 saturated heterocycles. The van der Waals surface area contributed by atoms with Gasteiger partial charge in [-0.1, -0.05) is 48.5 Å². The van der Waals surface area contributed by atoms with E-state index in [-0.39, 0.29) is 18.0 Å². The zero-order valence-electron chi connectivity index (χ0n) is 18.8. The highest BCUT2D eigenvalue weighted by Gasteiger charge is 2.27. The first-order valence-electron chi connectivity index (χ1n) is 10.6. The molecule has 7 nitrogen and oxygen atoms in total. The van der Waals surface area contributed by atoms with Crippen LogP contribution in [0, 0.1) is 6.92 Å². The molecule has 0 radical (unpaired) electrons. The van der Waals surface area contributed by atoms with Crippen LogP contribution in [0.3, 0.4) is 0 Å². The van der Waals surface area contributed by atoms with Crippen LogP contribution in [0.15, 0.2) is 77.6 Å². The normalized spacial score (nSPS) is 12.0. The maximum absolute atomic E-state index is 13.5. The van der Waals surface area contributed by atoms with E-state index in [2.05, 4.69) is 15.3 Å².